The summed E-state index contributed by atoms with van der Waals surface area (Å²) in [6.07, 6.45) is 0.640. The number of nitrogens with zero attached hydrogens (tertiary/aromatic N) is 3. The van der Waals surface area contributed by atoms with Gasteiger partial charge in [0.2, 0.25) is 0 Å². The van der Waals surface area contributed by atoms with E-state index in [1.54, 1.807) is 19.9 Å². The first-order valence-corrected chi connectivity index (χ1v) is 14.1. The van der Waals surface area contributed by atoms with Gasteiger partial charge in [-0.2, -0.15) is 0 Å². The van der Waals surface area contributed by atoms with Gasteiger partial charge in [0, 0.05) is 56.3 Å². The third-order valence-electron chi connectivity index (χ3n) is 7.53. The highest BCUT2D eigenvalue weighted by Crippen LogP contribution is 2.40. The molecule has 11 nitrogen and oxygen atoms in total. The third kappa shape index (κ3) is 6.91. The van der Waals surface area contributed by atoms with Crippen molar-refractivity contribution in [1.82, 2.24) is 10.2 Å². The first-order chi connectivity index (χ1) is 20.2. The maximum atomic E-state index is 13.4. The Kier molecular flexibility index (Phi) is 10.2. The standard InChI is InChI=1S/C31H38N4O7/c1-5-41-26-13-7-6-12-25(26)34-17-15-33(16-18-34)14-9-19-42-31(37)28-22(3)32-21(2)27(30(36)40-4)29(28)23-10-8-11-24(20-23)35(38)39/h6-8,10-13,20,29,32H,5,9,14-19H2,1-4H3. The smallest absolute Gasteiger partial charge is 0.336 e. The molecule has 0 aromatic heterocycles. The van der Waals surface area contributed by atoms with Crippen molar-refractivity contribution in [2.45, 2.75) is 33.1 Å². The number of non-ortho nitro benzene ring substituents is 1. The molecular formula is C31H38N4O7. The van der Waals surface area contributed by atoms with Gasteiger partial charge in [0.15, 0.2) is 0 Å². The number of nitro benzene ring substituents is 1. The Morgan fingerprint density at radius 1 is 1.00 bits per heavy atom. The van der Waals surface area contributed by atoms with Crippen LogP contribution in [0.5, 0.6) is 5.75 Å². The van der Waals surface area contributed by atoms with E-state index in [4.69, 9.17) is 14.2 Å². The van der Waals surface area contributed by atoms with Crippen molar-refractivity contribution in [1.29, 1.82) is 0 Å². The van der Waals surface area contributed by atoms with Crippen molar-refractivity contribution < 1.29 is 28.7 Å². The van der Waals surface area contributed by atoms with Gasteiger partial charge in [-0.25, -0.2) is 9.59 Å². The molecule has 0 aliphatic carbocycles. The fourth-order valence-electron chi connectivity index (χ4n) is 5.54. The molecule has 1 fully saturated rings. The second kappa shape index (κ2) is 14.0. The van der Waals surface area contributed by atoms with Gasteiger partial charge in [-0.15, -0.1) is 0 Å². The molecule has 0 spiro atoms. The number of rotatable bonds is 11. The molecule has 42 heavy (non-hydrogen) atoms. The number of hydrogen-bond acceptors (Lipinski definition) is 10. The van der Waals surface area contributed by atoms with Crippen LogP contribution in [0.25, 0.3) is 0 Å². The van der Waals surface area contributed by atoms with Gasteiger partial charge in [-0.1, -0.05) is 24.3 Å². The van der Waals surface area contributed by atoms with Crippen LogP contribution in [-0.4, -0.2) is 74.8 Å². The molecule has 4 rings (SSSR count). The van der Waals surface area contributed by atoms with Crippen molar-refractivity contribution in [2.75, 3.05) is 57.9 Å². The number of nitro groups is 1. The molecule has 224 valence electrons. The van der Waals surface area contributed by atoms with E-state index in [-0.39, 0.29) is 23.4 Å². The zero-order valence-electron chi connectivity index (χ0n) is 24.6. The van der Waals surface area contributed by atoms with Crippen molar-refractivity contribution in [3.63, 3.8) is 0 Å². The highest BCUT2D eigenvalue weighted by molar-refractivity contribution is 5.99. The minimum Gasteiger partial charge on any atom is -0.492 e. The molecule has 1 saturated heterocycles. The van der Waals surface area contributed by atoms with Crippen LogP contribution in [0.15, 0.2) is 71.1 Å². The number of para-hydroxylation sites is 2. The largest absolute Gasteiger partial charge is 0.492 e. The third-order valence-corrected chi connectivity index (χ3v) is 7.53. The van der Waals surface area contributed by atoms with E-state index in [0.717, 1.165) is 44.2 Å². The van der Waals surface area contributed by atoms with E-state index in [1.165, 1.54) is 25.3 Å². The summed E-state index contributed by atoms with van der Waals surface area (Å²) in [5.41, 5.74) is 2.86. The summed E-state index contributed by atoms with van der Waals surface area (Å²) in [6, 6.07) is 14.0. The van der Waals surface area contributed by atoms with Crippen LogP contribution in [0.2, 0.25) is 0 Å². The van der Waals surface area contributed by atoms with E-state index in [1.807, 2.05) is 25.1 Å². The molecule has 0 radical (unpaired) electrons. The molecule has 2 aromatic carbocycles. The van der Waals surface area contributed by atoms with Crippen molar-refractivity contribution in [2.24, 2.45) is 0 Å². The summed E-state index contributed by atoms with van der Waals surface area (Å²) < 4.78 is 16.5. The minimum absolute atomic E-state index is 0.139. The first-order valence-electron chi connectivity index (χ1n) is 14.1. The number of carbonyl (C=O) groups is 2. The summed E-state index contributed by atoms with van der Waals surface area (Å²) >= 11 is 0. The average Bonchev–Trinajstić information content (AvgIpc) is 2.99. The fourth-order valence-corrected chi connectivity index (χ4v) is 5.54. The Morgan fingerprint density at radius 3 is 2.36 bits per heavy atom. The number of ether oxygens (including phenoxy) is 3. The maximum absolute atomic E-state index is 13.4. The van der Waals surface area contributed by atoms with E-state index in [2.05, 4.69) is 21.2 Å². The predicted octanol–water partition coefficient (Wildman–Crippen LogP) is 4.16. The molecule has 2 aromatic rings. The van der Waals surface area contributed by atoms with Crippen molar-refractivity contribution in [3.05, 3.63) is 86.7 Å². The van der Waals surface area contributed by atoms with Gasteiger partial charge in [-0.3, -0.25) is 15.0 Å². The van der Waals surface area contributed by atoms with Gasteiger partial charge < -0.3 is 24.4 Å². The van der Waals surface area contributed by atoms with Crippen molar-refractivity contribution in [3.8, 4) is 5.75 Å². The van der Waals surface area contributed by atoms with Gasteiger partial charge in [-0.05, 0) is 44.9 Å². The Balaban J connectivity index is 1.39. The van der Waals surface area contributed by atoms with E-state index < -0.39 is 22.8 Å². The Hall–Kier alpha value is -4.38. The molecular weight excluding hydrogens is 540 g/mol. The number of allylic oxidation sites excluding steroid dienone is 2. The molecule has 0 bridgehead atoms. The molecule has 1 unspecified atom stereocenters. The Bertz CT molecular complexity index is 1380. The minimum atomic E-state index is -0.876. The van der Waals surface area contributed by atoms with Crippen LogP contribution >= 0.6 is 0 Å². The SMILES string of the molecule is CCOc1ccccc1N1CCN(CCCOC(=O)C2=C(C)NC(C)=C(C(=O)OC)C2c2cccc([N+](=O)[O-])c2)CC1. The zero-order chi connectivity index (χ0) is 30.2. The molecule has 0 amide bonds. The van der Waals surface area contributed by atoms with Crippen LogP contribution in [0.1, 0.15) is 38.7 Å². The summed E-state index contributed by atoms with van der Waals surface area (Å²) in [6.45, 7) is 10.5. The number of anilines is 1. The number of methoxy groups -OCH3 is 1. The lowest BCUT2D eigenvalue weighted by molar-refractivity contribution is -0.384. The van der Waals surface area contributed by atoms with E-state index in [0.29, 0.717) is 30.0 Å². The summed E-state index contributed by atoms with van der Waals surface area (Å²) in [4.78, 5) is 41.9. The molecule has 11 heteroatoms. The Morgan fingerprint density at radius 2 is 1.69 bits per heavy atom. The van der Waals surface area contributed by atoms with Crippen molar-refractivity contribution >= 4 is 23.3 Å². The normalized spacial score (nSPS) is 17.5. The Labute approximate surface area is 245 Å². The van der Waals surface area contributed by atoms with Crippen LogP contribution in [0, 0.1) is 10.1 Å². The molecule has 1 atom stereocenters. The van der Waals surface area contributed by atoms with Gasteiger partial charge >= 0.3 is 11.9 Å². The van der Waals surface area contributed by atoms with Crippen LogP contribution < -0.4 is 15.0 Å². The maximum Gasteiger partial charge on any atom is 0.336 e. The van der Waals surface area contributed by atoms with Crippen LogP contribution in [0.3, 0.4) is 0 Å². The van der Waals surface area contributed by atoms with E-state index >= 15 is 0 Å². The number of hydrogen-bond donors (Lipinski definition) is 1. The number of piperazine rings is 1. The lowest BCUT2D eigenvalue weighted by Crippen LogP contribution is -2.46. The summed E-state index contributed by atoms with van der Waals surface area (Å²) in [7, 11) is 1.26. The number of carbonyl (C=O) groups excluding carboxylic acids is 2. The van der Waals surface area contributed by atoms with Crippen LogP contribution in [0.4, 0.5) is 11.4 Å². The lowest BCUT2D eigenvalue weighted by Gasteiger charge is -2.36. The highest BCUT2D eigenvalue weighted by atomic mass is 16.6. The number of nitrogens with one attached hydrogen (secondary N) is 1. The molecule has 0 saturated carbocycles. The topological polar surface area (TPSA) is 123 Å². The first kappa shape index (κ1) is 30.6. The second-order valence-corrected chi connectivity index (χ2v) is 10.2. The molecule has 2 heterocycles. The highest BCUT2D eigenvalue weighted by Gasteiger charge is 2.38. The molecule has 1 N–H and O–H groups in total. The monoisotopic (exact) mass is 578 g/mol. The summed E-state index contributed by atoms with van der Waals surface area (Å²) in [5.74, 6) is -1.19. The number of esters is 2. The number of dihydropyridines is 1. The van der Waals surface area contributed by atoms with E-state index in [9.17, 15) is 19.7 Å². The quantitative estimate of drug-likeness (QED) is 0.180. The van der Waals surface area contributed by atoms with Gasteiger partial charge in [0.05, 0.1) is 48.0 Å². The molecule has 2 aliphatic rings. The number of benzene rings is 2. The van der Waals surface area contributed by atoms with Gasteiger partial charge in [0.25, 0.3) is 5.69 Å². The fraction of sp³-hybridized carbons (Fsp3) is 0.419. The molecule has 2 aliphatic heterocycles. The van der Waals surface area contributed by atoms with Gasteiger partial charge in [0.1, 0.15) is 5.75 Å². The lowest BCUT2D eigenvalue weighted by atomic mass is 9.80. The summed E-state index contributed by atoms with van der Waals surface area (Å²) in [5, 5.41) is 14.5. The van der Waals surface area contributed by atoms with Crippen LogP contribution in [-0.2, 0) is 19.1 Å². The predicted molar refractivity (Wildman–Crippen MR) is 158 cm³/mol. The average molecular weight is 579 g/mol. The second-order valence-electron chi connectivity index (χ2n) is 10.2. The zero-order valence-corrected chi connectivity index (χ0v) is 24.6.